The van der Waals surface area contributed by atoms with Crippen molar-refractivity contribution < 1.29 is 9.59 Å². The van der Waals surface area contributed by atoms with Crippen LogP contribution in [0.5, 0.6) is 0 Å². The molecule has 1 atom stereocenters. The number of primary amides is 1. The SMILES string of the molecule is Cc1cc(C)n(-c2nnc(SC(C)C(=O)Nc3sccc3C(N)=O)n2N)n1. The summed E-state index contributed by atoms with van der Waals surface area (Å²) in [6.07, 6.45) is 0. The summed E-state index contributed by atoms with van der Waals surface area (Å²) in [6.45, 7) is 5.46. The summed E-state index contributed by atoms with van der Waals surface area (Å²) in [7, 11) is 0. The number of carbonyl (C=O) groups excluding carboxylic acids is 2. The molecule has 0 bridgehead atoms. The molecule has 0 aliphatic heterocycles. The van der Waals surface area contributed by atoms with Crippen LogP contribution in [0.3, 0.4) is 0 Å². The minimum atomic E-state index is -0.594. The zero-order valence-corrected chi connectivity index (χ0v) is 16.5. The molecule has 142 valence electrons. The van der Waals surface area contributed by atoms with E-state index >= 15 is 0 Å². The van der Waals surface area contributed by atoms with Gasteiger partial charge < -0.3 is 16.9 Å². The van der Waals surface area contributed by atoms with E-state index in [0.29, 0.717) is 16.1 Å². The molecule has 0 aliphatic rings. The molecule has 0 saturated heterocycles. The van der Waals surface area contributed by atoms with Gasteiger partial charge in [0.05, 0.1) is 16.5 Å². The first-order chi connectivity index (χ1) is 12.8. The number of nitrogen functional groups attached to an aromatic ring is 1. The van der Waals surface area contributed by atoms with E-state index in [9.17, 15) is 9.59 Å². The van der Waals surface area contributed by atoms with Gasteiger partial charge in [-0.1, -0.05) is 11.8 Å². The number of carbonyl (C=O) groups is 2. The number of thiophene rings is 1. The highest BCUT2D eigenvalue weighted by atomic mass is 32.2. The average Bonchev–Trinajstić information content (AvgIpc) is 3.28. The van der Waals surface area contributed by atoms with Crippen LogP contribution in [0.15, 0.2) is 22.7 Å². The smallest absolute Gasteiger partial charge is 0.271 e. The Balaban J connectivity index is 1.73. The highest BCUT2D eigenvalue weighted by molar-refractivity contribution is 8.00. The number of nitrogens with zero attached hydrogens (tertiary/aromatic N) is 5. The van der Waals surface area contributed by atoms with Gasteiger partial charge in [0, 0.05) is 5.69 Å². The number of rotatable bonds is 6. The Morgan fingerprint density at radius 3 is 2.70 bits per heavy atom. The highest BCUT2D eigenvalue weighted by Gasteiger charge is 2.22. The van der Waals surface area contributed by atoms with Crippen molar-refractivity contribution in [2.75, 3.05) is 11.2 Å². The molecule has 3 heterocycles. The molecular weight excluding hydrogens is 388 g/mol. The summed E-state index contributed by atoms with van der Waals surface area (Å²) >= 11 is 2.37. The molecule has 0 aromatic carbocycles. The third kappa shape index (κ3) is 3.80. The third-order valence-electron chi connectivity index (χ3n) is 3.66. The molecule has 27 heavy (non-hydrogen) atoms. The lowest BCUT2D eigenvalue weighted by molar-refractivity contribution is -0.115. The first-order valence-corrected chi connectivity index (χ1v) is 9.62. The number of nitrogens with two attached hydrogens (primary N) is 2. The standard InChI is InChI=1S/C15H18N8O2S2/c1-7-6-8(2)23(21-7)14-19-20-15(22(14)17)27-9(3)12(25)18-13-10(11(16)24)4-5-26-13/h4-6,9H,17H2,1-3H3,(H2,16,24)(H,18,25). The molecule has 0 saturated carbocycles. The predicted molar refractivity (Wildman–Crippen MR) is 104 cm³/mol. The molecule has 3 aromatic heterocycles. The second-order valence-electron chi connectivity index (χ2n) is 5.77. The molecule has 0 aliphatic carbocycles. The predicted octanol–water partition coefficient (Wildman–Crippen LogP) is 1.07. The van der Waals surface area contributed by atoms with Crippen LogP contribution in [-0.2, 0) is 4.79 Å². The molecular formula is C15H18N8O2S2. The molecule has 10 nitrogen and oxygen atoms in total. The maximum Gasteiger partial charge on any atom is 0.271 e. The number of anilines is 1. The number of nitrogens with one attached hydrogen (secondary N) is 1. The van der Waals surface area contributed by atoms with E-state index in [1.54, 1.807) is 23.1 Å². The minimum Gasteiger partial charge on any atom is -0.366 e. The molecule has 3 aromatic rings. The van der Waals surface area contributed by atoms with Crippen molar-refractivity contribution in [1.82, 2.24) is 24.7 Å². The summed E-state index contributed by atoms with van der Waals surface area (Å²) in [4.78, 5) is 23.8. The van der Waals surface area contributed by atoms with Crippen LogP contribution in [-0.4, -0.2) is 41.7 Å². The number of amides is 2. The Morgan fingerprint density at radius 2 is 2.07 bits per heavy atom. The maximum atomic E-state index is 12.4. The molecule has 2 amide bonds. The summed E-state index contributed by atoms with van der Waals surface area (Å²) in [5.41, 5.74) is 7.27. The Labute approximate surface area is 162 Å². The van der Waals surface area contributed by atoms with Crippen molar-refractivity contribution in [3.05, 3.63) is 34.5 Å². The number of hydrogen-bond donors (Lipinski definition) is 3. The summed E-state index contributed by atoms with van der Waals surface area (Å²) < 4.78 is 2.87. The van der Waals surface area contributed by atoms with Crippen LogP contribution in [0.4, 0.5) is 5.00 Å². The number of aromatic nitrogens is 5. The summed E-state index contributed by atoms with van der Waals surface area (Å²) in [5, 5.41) is 17.1. The van der Waals surface area contributed by atoms with Gasteiger partial charge in [0.2, 0.25) is 11.1 Å². The van der Waals surface area contributed by atoms with E-state index in [4.69, 9.17) is 11.6 Å². The Bertz CT molecular complexity index is 1010. The van der Waals surface area contributed by atoms with Crippen molar-refractivity contribution in [2.24, 2.45) is 5.73 Å². The van der Waals surface area contributed by atoms with E-state index in [-0.39, 0.29) is 11.5 Å². The van der Waals surface area contributed by atoms with Crippen LogP contribution in [0.25, 0.3) is 5.95 Å². The van der Waals surface area contributed by atoms with Crippen LogP contribution in [0, 0.1) is 13.8 Å². The molecule has 0 spiro atoms. The molecule has 1 unspecified atom stereocenters. The van der Waals surface area contributed by atoms with Crippen LogP contribution in [0.2, 0.25) is 0 Å². The lowest BCUT2D eigenvalue weighted by Gasteiger charge is -2.11. The van der Waals surface area contributed by atoms with Gasteiger partial charge in [0.15, 0.2) is 0 Å². The van der Waals surface area contributed by atoms with E-state index < -0.39 is 11.2 Å². The molecule has 12 heteroatoms. The fraction of sp³-hybridized carbons (Fsp3) is 0.267. The Hall–Kier alpha value is -2.86. The second kappa shape index (κ2) is 7.40. The molecule has 5 N–H and O–H groups in total. The highest BCUT2D eigenvalue weighted by Crippen LogP contribution is 2.26. The maximum absolute atomic E-state index is 12.4. The topological polar surface area (TPSA) is 147 Å². The van der Waals surface area contributed by atoms with Crippen molar-refractivity contribution in [3.63, 3.8) is 0 Å². The summed E-state index contributed by atoms with van der Waals surface area (Å²) in [6, 6.07) is 3.46. The van der Waals surface area contributed by atoms with Crippen molar-refractivity contribution >= 4 is 39.9 Å². The normalized spacial score (nSPS) is 12.1. The first kappa shape index (κ1) is 18.9. The lowest BCUT2D eigenvalue weighted by atomic mass is 10.3. The largest absolute Gasteiger partial charge is 0.366 e. The van der Waals surface area contributed by atoms with Gasteiger partial charge in [-0.15, -0.1) is 21.5 Å². The van der Waals surface area contributed by atoms with E-state index in [2.05, 4.69) is 20.6 Å². The number of hydrogen-bond acceptors (Lipinski definition) is 8. The van der Waals surface area contributed by atoms with Crippen LogP contribution in [0.1, 0.15) is 28.7 Å². The first-order valence-electron chi connectivity index (χ1n) is 7.87. The zero-order chi connectivity index (χ0) is 19.7. The second-order valence-corrected chi connectivity index (χ2v) is 7.99. The van der Waals surface area contributed by atoms with Gasteiger partial charge in [-0.05, 0) is 38.3 Å². The quantitative estimate of drug-likeness (QED) is 0.410. The fourth-order valence-corrected chi connectivity index (χ4v) is 3.91. The van der Waals surface area contributed by atoms with Gasteiger partial charge >= 0.3 is 0 Å². The molecule has 3 rings (SSSR count). The van der Waals surface area contributed by atoms with Gasteiger partial charge in [-0.3, -0.25) is 9.59 Å². The fourth-order valence-electron chi connectivity index (χ4n) is 2.35. The third-order valence-corrected chi connectivity index (χ3v) is 5.55. The lowest BCUT2D eigenvalue weighted by Crippen LogP contribution is -2.25. The number of aryl methyl sites for hydroxylation is 2. The number of thioether (sulfide) groups is 1. The van der Waals surface area contributed by atoms with Crippen molar-refractivity contribution in [1.29, 1.82) is 0 Å². The summed E-state index contributed by atoms with van der Waals surface area (Å²) in [5.74, 6) is 5.53. The van der Waals surface area contributed by atoms with E-state index in [1.165, 1.54) is 16.0 Å². The van der Waals surface area contributed by atoms with Crippen molar-refractivity contribution in [3.8, 4) is 5.95 Å². The van der Waals surface area contributed by atoms with E-state index in [1.807, 2.05) is 19.9 Å². The monoisotopic (exact) mass is 406 g/mol. The van der Waals surface area contributed by atoms with Crippen LogP contribution < -0.4 is 16.9 Å². The van der Waals surface area contributed by atoms with Gasteiger partial charge in [-0.25, -0.2) is 9.36 Å². The van der Waals surface area contributed by atoms with Crippen LogP contribution >= 0.6 is 23.1 Å². The Morgan fingerprint density at radius 1 is 1.33 bits per heavy atom. The average molecular weight is 406 g/mol. The van der Waals surface area contributed by atoms with Gasteiger partial charge in [-0.2, -0.15) is 5.10 Å². The zero-order valence-electron chi connectivity index (χ0n) is 14.8. The Kier molecular flexibility index (Phi) is 5.19. The van der Waals surface area contributed by atoms with Crippen molar-refractivity contribution in [2.45, 2.75) is 31.2 Å². The van der Waals surface area contributed by atoms with Gasteiger partial charge in [0.1, 0.15) is 5.00 Å². The molecule has 0 radical (unpaired) electrons. The molecule has 0 fully saturated rings. The van der Waals surface area contributed by atoms with Gasteiger partial charge in [0.25, 0.3) is 11.9 Å². The van der Waals surface area contributed by atoms with E-state index in [0.717, 1.165) is 23.1 Å². The minimum absolute atomic E-state index is 0.277.